The summed E-state index contributed by atoms with van der Waals surface area (Å²) in [5.41, 5.74) is -6.15. The number of aliphatic hydroxyl groups excluding tert-OH is 2. The molecule has 0 aliphatic heterocycles. The highest BCUT2D eigenvalue weighted by Crippen LogP contribution is 2.70. The van der Waals surface area contributed by atoms with E-state index in [0.717, 1.165) is 6.92 Å². The lowest BCUT2D eigenvalue weighted by Gasteiger charge is -2.64. The zero-order chi connectivity index (χ0) is 31.5. The molecular formula is C33H42O8. The van der Waals surface area contributed by atoms with Crippen LogP contribution in [0.15, 0.2) is 28.7 Å². The van der Waals surface area contributed by atoms with Crippen molar-refractivity contribution in [3.05, 3.63) is 51.0 Å². The highest BCUT2D eigenvalue weighted by molar-refractivity contribution is 6.25. The molecule has 3 aliphatic rings. The van der Waals surface area contributed by atoms with Gasteiger partial charge in [-0.15, -0.1) is 0 Å². The lowest BCUT2D eigenvalue weighted by atomic mass is 9.39. The Morgan fingerprint density at radius 3 is 1.95 bits per heavy atom. The van der Waals surface area contributed by atoms with Crippen molar-refractivity contribution >= 4 is 23.1 Å². The molecule has 8 heteroatoms. The van der Waals surface area contributed by atoms with E-state index in [9.17, 15) is 39.6 Å². The predicted octanol–water partition coefficient (Wildman–Crippen LogP) is 5.65. The van der Waals surface area contributed by atoms with E-state index in [0.29, 0.717) is 11.1 Å². The largest absolute Gasteiger partial charge is 0.511 e. The number of carbonyl (C=O) groups is 4. The minimum absolute atomic E-state index is 0.137. The molecule has 222 valence electrons. The van der Waals surface area contributed by atoms with Crippen LogP contribution in [0, 0.1) is 28.6 Å². The van der Waals surface area contributed by atoms with Gasteiger partial charge in [-0.25, -0.2) is 0 Å². The zero-order valence-electron chi connectivity index (χ0n) is 25.8. The first-order chi connectivity index (χ1) is 18.5. The van der Waals surface area contributed by atoms with Gasteiger partial charge in [-0.1, -0.05) is 62.3 Å². The third kappa shape index (κ3) is 3.43. The van der Waals surface area contributed by atoms with Crippen LogP contribution in [0.4, 0.5) is 0 Å². The molecule has 8 nitrogen and oxygen atoms in total. The van der Waals surface area contributed by atoms with Crippen LogP contribution in [0.3, 0.4) is 0 Å². The van der Waals surface area contributed by atoms with E-state index in [1.807, 2.05) is 20.8 Å². The number of hydrogen-bond donors (Lipinski definition) is 4. The molecule has 4 rings (SSSR count). The van der Waals surface area contributed by atoms with Crippen molar-refractivity contribution in [2.45, 2.75) is 93.1 Å². The molecule has 4 N–H and O–H groups in total. The molecule has 0 amide bonds. The van der Waals surface area contributed by atoms with E-state index in [4.69, 9.17) is 0 Å². The number of rotatable bonds is 3. The summed E-state index contributed by atoms with van der Waals surface area (Å²) in [4.78, 5) is 54.1. The Hall–Kier alpha value is -3.26. The van der Waals surface area contributed by atoms with Crippen LogP contribution in [-0.4, -0.2) is 49.2 Å². The summed E-state index contributed by atoms with van der Waals surface area (Å²) < 4.78 is 0. The Bertz CT molecular complexity index is 1500. The quantitative estimate of drug-likeness (QED) is 0.271. The number of Topliss-reactive ketones (excluding diaryl/α,β-unsaturated/α-hetero) is 4. The van der Waals surface area contributed by atoms with Gasteiger partial charge in [0.2, 0.25) is 5.78 Å². The third-order valence-electron chi connectivity index (χ3n) is 10.8. The second kappa shape index (κ2) is 8.87. The van der Waals surface area contributed by atoms with Crippen LogP contribution < -0.4 is 0 Å². The summed E-state index contributed by atoms with van der Waals surface area (Å²) in [5, 5.41) is 47.3. The molecular weight excluding hydrogens is 524 g/mol. The molecule has 0 fully saturated rings. The standard InChI is InChI=1S/C33H42O8/c1-13(2)23-26(37)21(16(5)35)28(39)33(41)29(40)24-27(38)22-20(14(3)31(24,10)17(6)32(23,33)11)18(15(4)34)12-19(25(22)36)30(7,8)9/h12-14,17,23,36-37,40-41H,1-11H3/t14-,17-,23?,31-,32-,33+/m1/s1. The SMILES string of the molecule is CC(=O)C1=C(O)C(C(C)C)[C@@]2(C)[C@H](C)[C@]3(C)C(=C(O)[C@@]2(O)C1=O)C(=O)c1c(O)c(C(C)(C)C)cc(C(C)=O)c1[C@H]3C. The fraction of sp³-hybridized carbons (Fsp3) is 0.576. The number of fused-ring (bicyclic) bond motifs is 3. The molecule has 0 saturated carbocycles. The first kappa shape index (κ1) is 30.7. The maximum Gasteiger partial charge on any atom is 0.209 e. The molecule has 0 bridgehead atoms. The normalized spacial score (nSPS) is 33.5. The van der Waals surface area contributed by atoms with E-state index < -0.39 is 74.0 Å². The number of ketones is 4. The van der Waals surface area contributed by atoms with E-state index >= 15 is 0 Å². The van der Waals surface area contributed by atoms with Crippen LogP contribution in [0.25, 0.3) is 0 Å². The number of aromatic hydroxyl groups is 1. The maximum atomic E-state index is 14.5. The van der Waals surface area contributed by atoms with Gasteiger partial charge in [0.1, 0.15) is 22.8 Å². The first-order valence-corrected chi connectivity index (χ1v) is 14.2. The van der Waals surface area contributed by atoms with E-state index in [1.165, 1.54) is 6.92 Å². The molecule has 1 aromatic carbocycles. The molecule has 0 spiro atoms. The number of benzene rings is 1. The highest BCUT2D eigenvalue weighted by atomic mass is 16.3. The molecule has 1 unspecified atom stereocenters. The molecule has 6 atom stereocenters. The van der Waals surface area contributed by atoms with Crippen molar-refractivity contribution in [1.82, 2.24) is 0 Å². The van der Waals surface area contributed by atoms with Crippen molar-refractivity contribution in [2.75, 3.05) is 0 Å². The van der Waals surface area contributed by atoms with Gasteiger partial charge in [-0.05, 0) is 48.6 Å². The average Bonchev–Trinajstić information content (AvgIpc) is 2.82. The number of aliphatic hydroxyl groups is 3. The molecule has 0 radical (unpaired) electrons. The van der Waals surface area contributed by atoms with Crippen LogP contribution in [0.1, 0.15) is 114 Å². The Labute approximate surface area is 241 Å². The van der Waals surface area contributed by atoms with Gasteiger partial charge in [-0.3, -0.25) is 19.2 Å². The molecule has 0 heterocycles. The van der Waals surface area contributed by atoms with Gasteiger partial charge < -0.3 is 20.4 Å². The minimum atomic E-state index is -2.71. The van der Waals surface area contributed by atoms with Crippen LogP contribution in [0.5, 0.6) is 5.75 Å². The average molecular weight is 567 g/mol. The predicted molar refractivity (Wildman–Crippen MR) is 153 cm³/mol. The molecule has 0 saturated heterocycles. The minimum Gasteiger partial charge on any atom is -0.511 e. The summed E-state index contributed by atoms with van der Waals surface area (Å²) in [6.45, 7) is 18.5. The van der Waals surface area contributed by atoms with E-state index in [-0.39, 0.29) is 34.2 Å². The van der Waals surface area contributed by atoms with E-state index in [1.54, 1.807) is 47.6 Å². The topological polar surface area (TPSA) is 149 Å². The van der Waals surface area contributed by atoms with Crippen LogP contribution in [-0.2, 0) is 15.0 Å². The van der Waals surface area contributed by atoms with Crippen molar-refractivity contribution in [3.8, 4) is 5.75 Å². The highest BCUT2D eigenvalue weighted by Gasteiger charge is 2.74. The van der Waals surface area contributed by atoms with Gasteiger partial charge in [0.05, 0.1) is 5.56 Å². The second-order valence-corrected chi connectivity index (χ2v) is 14.1. The molecule has 41 heavy (non-hydrogen) atoms. The van der Waals surface area contributed by atoms with Crippen molar-refractivity contribution in [2.24, 2.45) is 28.6 Å². The summed E-state index contributed by atoms with van der Waals surface area (Å²) in [6, 6.07) is 1.62. The smallest absolute Gasteiger partial charge is 0.209 e. The Kier molecular flexibility index (Phi) is 6.64. The maximum absolute atomic E-state index is 14.5. The fourth-order valence-corrected chi connectivity index (χ4v) is 8.37. The van der Waals surface area contributed by atoms with Gasteiger partial charge >= 0.3 is 0 Å². The van der Waals surface area contributed by atoms with Crippen molar-refractivity contribution in [3.63, 3.8) is 0 Å². The van der Waals surface area contributed by atoms with Crippen molar-refractivity contribution in [1.29, 1.82) is 0 Å². The summed E-state index contributed by atoms with van der Waals surface area (Å²) in [6.07, 6.45) is 0. The number of phenolic OH excluding ortho intramolecular Hbond substituents is 1. The third-order valence-corrected chi connectivity index (χ3v) is 10.8. The second-order valence-electron chi connectivity index (χ2n) is 14.1. The lowest BCUT2D eigenvalue weighted by molar-refractivity contribution is -0.189. The monoisotopic (exact) mass is 566 g/mol. The Morgan fingerprint density at radius 2 is 1.51 bits per heavy atom. The summed E-state index contributed by atoms with van der Waals surface area (Å²) >= 11 is 0. The Balaban J connectivity index is 2.23. The fourth-order valence-electron chi connectivity index (χ4n) is 8.37. The van der Waals surface area contributed by atoms with Crippen LogP contribution >= 0.6 is 0 Å². The molecule has 1 aromatic rings. The molecule has 3 aliphatic carbocycles. The van der Waals surface area contributed by atoms with Crippen molar-refractivity contribution < 1.29 is 39.6 Å². The number of hydrogen-bond acceptors (Lipinski definition) is 8. The number of carbonyl (C=O) groups excluding carboxylic acids is 4. The van der Waals surface area contributed by atoms with Gasteiger partial charge in [0.25, 0.3) is 0 Å². The van der Waals surface area contributed by atoms with Gasteiger partial charge in [-0.2, -0.15) is 0 Å². The number of phenols is 1. The first-order valence-electron chi connectivity index (χ1n) is 14.2. The number of allylic oxidation sites excluding steroid dienone is 2. The van der Waals surface area contributed by atoms with Gasteiger partial charge in [0.15, 0.2) is 23.0 Å². The molecule has 0 aromatic heterocycles. The van der Waals surface area contributed by atoms with Crippen LogP contribution in [0.2, 0.25) is 0 Å². The van der Waals surface area contributed by atoms with E-state index in [2.05, 4.69) is 0 Å². The summed E-state index contributed by atoms with van der Waals surface area (Å²) in [5.74, 6) is -7.38. The summed E-state index contributed by atoms with van der Waals surface area (Å²) in [7, 11) is 0. The lowest BCUT2D eigenvalue weighted by Crippen LogP contribution is -2.71. The zero-order valence-corrected chi connectivity index (χ0v) is 25.8. The van der Waals surface area contributed by atoms with Gasteiger partial charge in [0, 0.05) is 33.4 Å². The Morgan fingerprint density at radius 1 is 0.976 bits per heavy atom.